The van der Waals surface area contributed by atoms with Gasteiger partial charge in [-0.15, -0.1) is 0 Å². The van der Waals surface area contributed by atoms with Crippen LogP contribution < -0.4 is 14.2 Å². The lowest BCUT2D eigenvalue weighted by Crippen LogP contribution is -2.43. The monoisotopic (exact) mass is 295 g/mol. The summed E-state index contributed by atoms with van der Waals surface area (Å²) in [5.74, 6) is 1.83. The van der Waals surface area contributed by atoms with E-state index in [0.717, 1.165) is 24.1 Å². The normalized spacial score (nSPS) is 22.3. The average molecular weight is 295 g/mol. The summed E-state index contributed by atoms with van der Waals surface area (Å²) >= 11 is 0. The van der Waals surface area contributed by atoms with Crippen LogP contribution >= 0.6 is 0 Å². The molecule has 7 heteroatoms. The Hall–Kier alpha value is -1.54. The zero-order valence-corrected chi connectivity index (χ0v) is 12.3. The first kappa shape index (κ1) is 14.4. The summed E-state index contributed by atoms with van der Waals surface area (Å²) in [7, 11) is 3.50. The van der Waals surface area contributed by atoms with Gasteiger partial charge in [0.1, 0.15) is 0 Å². The second kappa shape index (κ2) is 5.34. The molecule has 3 rings (SSSR count). The molecule has 1 N–H and O–H groups in total. The average Bonchev–Trinajstić information content (AvgIpc) is 2.92. The van der Waals surface area contributed by atoms with Crippen LogP contribution in [0, 0.1) is 5.21 Å². The molecule has 2 aliphatic heterocycles. The van der Waals surface area contributed by atoms with Crippen molar-refractivity contribution in [1.29, 1.82) is 0 Å². The summed E-state index contributed by atoms with van der Waals surface area (Å²) in [6.45, 7) is 2.64. The number of hydrogen-bond donors (Lipinski definition) is 1. The van der Waals surface area contributed by atoms with E-state index in [1.165, 1.54) is 0 Å². The molecule has 2 atom stereocenters. The maximum atomic E-state index is 11.4. The SMILES string of the molecule is COc1c2c(cc3c1[C@@H]([C@@H](C)N([O-])O)N(C)CC3)OCO2. The van der Waals surface area contributed by atoms with Gasteiger partial charge in [0, 0.05) is 18.2 Å². The third-order valence-corrected chi connectivity index (χ3v) is 4.26. The van der Waals surface area contributed by atoms with Gasteiger partial charge >= 0.3 is 0 Å². The largest absolute Gasteiger partial charge is 0.762 e. The molecule has 0 bridgehead atoms. The lowest BCUT2D eigenvalue weighted by molar-refractivity contribution is -0.0976. The third kappa shape index (κ3) is 2.22. The highest BCUT2D eigenvalue weighted by Gasteiger charge is 2.36. The van der Waals surface area contributed by atoms with Crippen LogP contribution in [0.25, 0.3) is 0 Å². The number of ether oxygens (including phenoxy) is 3. The fourth-order valence-corrected chi connectivity index (χ4v) is 3.20. The van der Waals surface area contributed by atoms with Crippen LogP contribution in [-0.4, -0.2) is 48.9 Å². The zero-order chi connectivity index (χ0) is 15.1. The second-order valence-corrected chi connectivity index (χ2v) is 5.43. The van der Waals surface area contributed by atoms with Crippen molar-refractivity contribution in [3.8, 4) is 17.2 Å². The van der Waals surface area contributed by atoms with E-state index in [9.17, 15) is 10.4 Å². The Labute approximate surface area is 123 Å². The number of hydrogen-bond acceptors (Lipinski definition) is 7. The Morgan fingerprint density at radius 1 is 1.52 bits per heavy atom. The van der Waals surface area contributed by atoms with Crippen LogP contribution in [0.5, 0.6) is 17.2 Å². The number of likely N-dealkylation sites (N-methyl/N-ethyl adjacent to an activating group) is 1. The number of methoxy groups -OCH3 is 1. The van der Waals surface area contributed by atoms with Gasteiger partial charge in [0.05, 0.1) is 13.2 Å². The molecule has 0 fully saturated rings. The minimum atomic E-state index is -0.622. The topological polar surface area (TPSA) is 77.5 Å². The summed E-state index contributed by atoms with van der Waals surface area (Å²) in [6, 6.07) is 1.04. The molecule has 0 unspecified atom stereocenters. The standard InChI is InChI=1S/C14H19N2O5/c1-8(16(17)18)12-11-9(4-5-15(12)2)6-10-13(14(11)19-3)21-7-20-10/h6,8,12,17H,4-5,7H2,1-3H3/q-1/t8-,12-/m1/s1. The molecule has 21 heavy (non-hydrogen) atoms. The van der Waals surface area contributed by atoms with Gasteiger partial charge in [-0.1, -0.05) is 0 Å². The van der Waals surface area contributed by atoms with Gasteiger partial charge in [-0.05, 0) is 32.0 Å². The van der Waals surface area contributed by atoms with Crippen LogP contribution in [0.1, 0.15) is 24.1 Å². The fourth-order valence-electron chi connectivity index (χ4n) is 3.20. The van der Waals surface area contributed by atoms with E-state index in [1.54, 1.807) is 14.0 Å². The van der Waals surface area contributed by atoms with Crippen LogP contribution in [0.4, 0.5) is 0 Å². The molecule has 0 aliphatic carbocycles. The summed E-state index contributed by atoms with van der Waals surface area (Å²) in [4.78, 5) is 2.04. The Bertz CT molecular complexity index is 549. The molecule has 0 saturated heterocycles. The molecule has 0 spiro atoms. The molecule has 0 saturated carbocycles. The molecule has 116 valence electrons. The molecule has 1 aromatic rings. The van der Waals surface area contributed by atoms with E-state index >= 15 is 0 Å². The third-order valence-electron chi connectivity index (χ3n) is 4.26. The summed E-state index contributed by atoms with van der Waals surface area (Å²) in [6.07, 6.45) is 0.826. The van der Waals surface area contributed by atoms with E-state index in [1.807, 2.05) is 18.0 Å². The van der Waals surface area contributed by atoms with Gasteiger partial charge in [0.25, 0.3) is 0 Å². The van der Waals surface area contributed by atoms with Gasteiger partial charge in [-0.3, -0.25) is 10.1 Å². The first-order valence-corrected chi connectivity index (χ1v) is 6.89. The molecule has 0 aromatic heterocycles. The molecule has 2 heterocycles. The first-order valence-electron chi connectivity index (χ1n) is 6.89. The van der Waals surface area contributed by atoms with Crippen molar-refractivity contribution in [2.75, 3.05) is 27.5 Å². The number of nitrogens with zero attached hydrogens (tertiary/aromatic N) is 2. The Morgan fingerprint density at radius 3 is 2.95 bits per heavy atom. The van der Waals surface area contributed by atoms with Crippen molar-refractivity contribution in [2.24, 2.45) is 0 Å². The molecule has 0 amide bonds. The lowest BCUT2D eigenvalue weighted by atomic mass is 9.88. The summed E-state index contributed by atoms with van der Waals surface area (Å²) in [5.41, 5.74) is 1.95. The van der Waals surface area contributed by atoms with Crippen LogP contribution in [0.2, 0.25) is 0 Å². The second-order valence-electron chi connectivity index (χ2n) is 5.43. The van der Waals surface area contributed by atoms with Gasteiger partial charge in [0.15, 0.2) is 11.5 Å². The number of benzene rings is 1. The highest BCUT2D eigenvalue weighted by atomic mass is 16.8. The number of fused-ring (bicyclic) bond motifs is 2. The van der Waals surface area contributed by atoms with Crippen LogP contribution in [0.15, 0.2) is 6.07 Å². The Morgan fingerprint density at radius 2 is 2.29 bits per heavy atom. The van der Waals surface area contributed by atoms with Crippen molar-refractivity contribution in [3.63, 3.8) is 0 Å². The molecule has 2 aliphatic rings. The molecule has 7 nitrogen and oxygen atoms in total. The maximum Gasteiger partial charge on any atom is 0.231 e. The quantitative estimate of drug-likeness (QED) is 0.847. The van der Waals surface area contributed by atoms with Crippen molar-refractivity contribution >= 4 is 0 Å². The van der Waals surface area contributed by atoms with Crippen molar-refractivity contribution < 1.29 is 19.4 Å². The van der Waals surface area contributed by atoms with E-state index in [4.69, 9.17) is 14.2 Å². The van der Waals surface area contributed by atoms with Gasteiger partial charge in [-0.2, -0.15) is 0 Å². The smallest absolute Gasteiger partial charge is 0.231 e. The highest BCUT2D eigenvalue weighted by molar-refractivity contribution is 5.62. The van der Waals surface area contributed by atoms with Gasteiger partial charge < -0.3 is 24.6 Å². The van der Waals surface area contributed by atoms with E-state index in [2.05, 4.69) is 0 Å². The summed E-state index contributed by atoms with van der Waals surface area (Å²) < 4.78 is 16.5. The number of hydroxylamine groups is 2. The predicted molar refractivity (Wildman–Crippen MR) is 74.6 cm³/mol. The molecular weight excluding hydrogens is 276 g/mol. The first-order chi connectivity index (χ1) is 10.0. The van der Waals surface area contributed by atoms with Crippen LogP contribution in [0.3, 0.4) is 0 Å². The maximum absolute atomic E-state index is 11.4. The molecular formula is C14H19N2O5-. The van der Waals surface area contributed by atoms with Crippen molar-refractivity contribution in [2.45, 2.75) is 25.4 Å². The van der Waals surface area contributed by atoms with Crippen molar-refractivity contribution in [3.05, 3.63) is 22.4 Å². The summed E-state index contributed by atoms with van der Waals surface area (Å²) in [5, 5.41) is 20.7. The molecule has 0 radical (unpaired) electrons. The van der Waals surface area contributed by atoms with Crippen LogP contribution in [-0.2, 0) is 6.42 Å². The van der Waals surface area contributed by atoms with E-state index < -0.39 is 6.04 Å². The minimum Gasteiger partial charge on any atom is -0.762 e. The number of rotatable bonds is 3. The highest BCUT2D eigenvalue weighted by Crippen LogP contribution is 2.50. The predicted octanol–water partition coefficient (Wildman–Crippen LogP) is 1.53. The van der Waals surface area contributed by atoms with Crippen molar-refractivity contribution in [1.82, 2.24) is 10.1 Å². The lowest BCUT2D eigenvalue weighted by Gasteiger charge is -2.43. The van der Waals surface area contributed by atoms with E-state index in [-0.39, 0.29) is 18.1 Å². The zero-order valence-electron chi connectivity index (χ0n) is 12.3. The van der Waals surface area contributed by atoms with E-state index in [0.29, 0.717) is 17.2 Å². The van der Waals surface area contributed by atoms with Gasteiger partial charge in [-0.25, -0.2) is 0 Å². The van der Waals surface area contributed by atoms with Gasteiger partial charge in [0.2, 0.25) is 12.5 Å². The Kier molecular flexibility index (Phi) is 3.66. The fraction of sp³-hybridized carbons (Fsp3) is 0.571. The minimum absolute atomic E-state index is 0.000288. The molecule has 1 aromatic carbocycles. The Balaban J connectivity index is 2.16.